The number of fused-ring (bicyclic) bond motifs is 1. The van der Waals surface area contributed by atoms with Crippen LogP contribution >= 0.6 is 0 Å². The molecule has 4 nitrogen and oxygen atoms in total. The van der Waals surface area contributed by atoms with E-state index >= 15 is 0 Å². The Morgan fingerprint density at radius 2 is 1.86 bits per heavy atom. The summed E-state index contributed by atoms with van der Waals surface area (Å²) in [5, 5.41) is 14.5. The minimum absolute atomic E-state index is 0.181. The number of hydrogen-bond donors (Lipinski definition) is 2. The van der Waals surface area contributed by atoms with Gasteiger partial charge in [0.2, 0.25) is 0 Å². The van der Waals surface area contributed by atoms with Gasteiger partial charge in [0, 0.05) is 18.7 Å². The lowest BCUT2D eigenvalue weighted by atomic mass is 10.0. The molecule has 1 unspecified atom stereocenters. The largest absolute Gasteiger partial charge is 0.389 e. The average Bonchev–Trinajstić information content (AvgIpc) is 2.51. The standard InChI is InChI=1S/C18H23NO3/c1-13(2)11-22-12-15(20)10-19-18(21)17-9-5-7-14-6-3-4-8-16(14)17/h3-9,13,15,20H,10-12H2,1-2H3,(H,19,21). The smallest absolute Gasteiger partial charge is 0.252 e. The molecule has 0 saturated carbocycles. The number of benzene rings is 2. The van der Waals surface area contributed by atoms with Crippen molar-refractivity contribution in [2.45, 2.75) is 20.0 Å². The van der Waals surface area contributed by atoms with Gasteiger partial charge in [-0.3, -0.25) is 4.79 Å². The molecule has 2 aromatic rings. The highest BCUT2D eigenvalue weighted by Gasteiger charge is 2.12. The van der Waals surface area contributed by atoms with Crippen molar-refractivity contribution in [3.63, 3.8) is 0 Å². The third kappa shape index (κ3) is 4.55. The molecule has 0 heterocycles. The molecular formula is C18H23NO3. The van der Waals surface area contributed by atoms with Crippen LogP contribution in [0.2, 0.25) is 0 Å². The summed E-state index contributed by atoms with van der Waals surface area (Å²) in [6.45, 7) is 5.12. The molecule has 1 amide bonds. The van der Waals surface area contributed by atoms with Crippen molar-refractivity contribution < 1.29 is 14.6 Å². The Balaban J connectivity index is 1.91. The zero-order valence-electron chi connectivity index (χ0n) is 13.1. The molecule has 0 bridgehead atoms. The second-order valence-corrected chi connectivity index (χ2v) is 5.82. The van der Waals surface area contributed by atoms with Crippen LogP contribution in [0.1, 0.15) is 24.2 Å². The lowest BCUT2D eigenvalue weighted by Gasteiger charge is -2.14. The van der Waals surface area contributed by atoms with E-state index in [4.69, 9.17) is 4.74 Å². The molecular weight excluding hydrogens is 278 g/mol. The van der Waals surface area contributed by atoms with E-state index in [0.717, 1.165) is 10.8 Å². The normalized spacial score (nSPS) is 12.5. The summed E-state index contributed by atoms with van der Waals surface area (Å²) in [5.74, 6) is 0.247. The van der Waals surface area contributed by atoms with Gasteiger partial charge in [0.25, 0.3) is 5.91 Å². The van der Waals surface area contributed by atoms with E-state index in [9.17, 15) is 9.90 Å². The number of carbonyl (C=O) groups excluding carboxylic acids is 1. The first-order valence-electron chi connectivity index (χ1n) is 7.59. The lowest BCUT2D eigenvalue weighted by molar-refractivity contribution is 0.0259. The first-order chi connectivity index (χ1) is 10.6. The van der Waals surface area contributed by atoms with Crippen molar-refractivity contribution in [1.29, 1.82) is 0 Å². The van der Waals surface area contributed by atoms with Gasteiger partial charge in [0.05, 0.1) is 12.7 Å². The minimum atomic E-state index is -0.697. The molecule has 2 N–H and O–H groups in total. The Hall–Kier alpha value is -1.91. The third-order valence-corrected chi connectivity index (χ3v) is 3.29. The van der Waals surface area contributed by atoms with Crippen LogP contribution in [0.4, 0.5) is 0 Å². The van der Waals surface area contributed by atoms with E-state index in [2.05, 4.69) is 19.2 Å². The maximum Gasteiger partial charge on any atom is 0.252 e. The molecule has 0 aliphatic rings. The summed E-state index contributed by atoms with van der Waals surface area (Å²) in [6.07, 6.45) is -0.697. The maximum atomic E-state index is 12.3. The number of rotatable bonds is 7. The molecule has 118 valence electrons. The summed E-state index contributed by atoms with van der Waals surface area (Å²) >= 11 is 0. The average molecular weight is 301 g/mol. The highest BCUT2D eigenvalue weighted by Crippen LogP contribution is 2.18. The Bertz CT molecular complexity index is 619. The number of ether oxygens (including phenoxy) is 1. The molecule has 0 spiro atoms. The second kappa shape index (κ2) is 7.92. The fraction of sp³-hybridized carbons (Fsp3) is 0.389. The minimum Gasteiger partial charge on any atom is -0.389 e. The molecule has 0 fully saturated rings. The quantitative estimate of drug-likeness (QED) is 0.826. The van der Waals surface area contributed by atoms with Gasteiger partial charge in [-0.2, -0.15) is 0 Å². The Morgan fingerprint density at radius 3 is 2.64 bits per heavy atom. The summed E-state index contributed by atoms with van der Waals surface area (Å²) in [6, 6.07) is 13.4. The van der Waals surface area contributed by atoms with Crippen molar-refractivity contribution in [1.82, 2.24) is 5.32 Å². The van der Waals surface area contributed by atoms with Crippen LogP contribution in [0.5, 0.6) is 0 Å². The van der Waals surface area contributed by atoms with Gasteiger partial charge in [0.1, 0.15) is 0 Å². The SMILES string of the molecule is CC(C)COCC(O)CNC(=O)c1cccc2ccccc12. The zero-order chi connectivity index (χ0) is 15.9. The van der Waals surface area contributed by atoms with Crippen LogP contribution in [-0.4, -0.2) is 36.9 Å². The van der Waals surface area contributed by atoms with Crippen LogP contribution in [0.15, 0.2) is 42.5 Å². The van der Waals surface area contributed by atoms with E-state index in [1.165, 1.54) is 0 Å². The van der Waals surface area contributed by atoms with Crippen LogP contribution in [-0.2, 0) is 4.74 Å². The number of carbonyl (C=O) groups is 1. The molecule has 2 rings (SSSR count). The Kier molecular flexibility index (Phi) is 5.92. The van der Waals surface area contributed by atoms with E-state index in [-0.39, 0.29) is 19.1 Å². The van der Waals surface area contributed by atoms with Gasteiger partial charge in [-0.1, -0.05) is 50.2 Å². The van der Waals surface area contributed by atoms with Crippen molar-refractivity contribution >= 4 is 16.7 Å². The number of aliphatic hydroxyl groups excluding tert-OH is 1. The molecule has 22 heavy (non-hydrogen) atoms. The van der Waals surface area contributed by atoms with E-state index in [1.807, 2.05) is 36.4 Å². The van der Waals surface area contributed by atoms with Crippen molar-refractivity contribution in [3.05, 3.63) is 48.0 Å². The van der Waals surface area contributed by atoms with Gasteiger partial charge >= 0.3 is 0 Å². The number of nitrogens with one attached hydrogen (secondary N) is 1. The van der Waals surface area contributed by atoms with Crippen LogP contribution < -0.4 is 5.32 Å². The molecule has 0 aliphatic carbocycles. The molecule has 4 heteroatoms. The van der Waals surface area contributed by atoms with Gasteiger partial charge in [-0.15, -0.1) is 0 Å². The molecule has 1 atom stereocenters. The van der Waals surface area contributed by atoms with Crippen molar-refractivity contribution in [2.75, 3.05) is 19.8 Å². The van der Waals surface area contributed by atoms with Gasteiger partial charge in [-0.05, 0) is 22.8 Å². The molecule has 0 saturated heterocycles. The van der Waals surface area contributed by atoms with Crippen LogP contribution in [0.25, 0.3) is 10.8 Å². The first kappa shape index (κ1) is 16.5. The van der Waals surface area contributed by atoms with E-state index in [0.29, 0.717) is 18.1 Å². The number of hydrogen-bond acceptors (Lipinski definition) is 3. The topological polar surface area (TPSA) is 58.6 Å². The van der Waals surface area contributed by atoms with Crippen LogP contribution in [0, 0.1) is 5.92 Å². The lowest BCUT2D eigenvalue weighted by Crippen LogP contribution is -2.34. The van der Waals surface area contributed by atoms with E-state index in [1.54, 1.807) is 6.07 Å². The second-order valence-electron chi connectivity index (χ2n) is 5.82. The molecule has 0 aromatic heterocycles. The van der Waals surface area contributed by atoms with Crippen molar-refractivity contribution in [2.24, 2.45) is 5.92 Å². The number of aliphatic hydroxyl groups is 1. The third-order valence-electron chi connectivity index (χ3n) is 3.29. The summed E-state index contributed by atoms with van der Waals surface area (Å²) in [7, 11) is 0. The summed E-state index contributed by atoms with van der Waals surface area (Å²) < 4.78 is 5.36. The summed E-state index contributed by atoms with van der Waals surface area (Å²) in [4.78, 5) is 12.3. The highest BCUT2D eigenvalue weighted by atomic mass is 16.5. The first-order valence-corrected chi connectivity index (χ1v) is 7.59. The van der Waals surface area contributed by atoms with E-state index < -0.39 is 6.10 Å². The maximum absolute atomic E-state index is 12.3. The molecule has 0 aliphatic heterocycles. The molecule has 0 radical (unpaired) electrons. The Labute approximate surface area is 131 Å². The fourth-order valence-electron chi connectivity index (χ4n) is 2.23. The van der Waals surface area contributed by atoms with Crippen molar-refractivity contribution in [3.8, 4) is 0 Å². The van der Waals surface area contributed by atoms with Crippen LogP contribution in [0.3, 0.4) is 0 Å². The summed E-state index contributed by atoms with van der Waals surface area (Å²) in [5.41, 5.74) is 0.619. The predicted molar refractivity (Wildman–Crippen MR) is 87.9 cm³/mol. The zero-order valence-corrected chi connectivity index (χ0v) is 13.1. The van der Waals surface area contributed by atoms with Gasteiger partial charge in [-0.25, -0.2) is 0 Å². The Morgan fingerprint density at radius 1 is 1.14 bits per heavy atom. The van der Waals surface area contributed by atoms with Gasteiger partial charge < -0.3 is 15.2 Å². The monoisotopic (exact) mass is 301 g/mol. The predicted octanol–water partition coefficient (Wildman–Crippen LogP) is 2.60. The fourth-order valence-corrected chi connectivity index (χ4v) is 2.23. The highest BCUT2D eigenvalue weighted by molar-refractivity contribution is 6.06. The van der Waals surface area contributed by atoms with Gasteiger partial charge in [0.15, 0.2) is 0 Å². The molecule has 2 aromatic carbocycles. The number of amides is 1.